The number of carbonyl (C=O) groups excluding carboxylic acids is 2. The Labute approximate surface area is 240 Å². The molecule has 4 saturated carbocycles. The van der Waals surface area contributed by atoms with Crippen LogP contribution in [0.1, 0.15) is 113 Å². The maximum Gasteiger partial charge on any atom is 0.318 e. The van der Waals surface area contributed by atoms with Gasteiger partial charge in [-0.2, -0.15) is 12.6 Å². The second-order valence-corrected chi connectivity index (χ2v) is 16.8. The smallest absolute Gasteiger partial charge is 0.318 e. The Kier molecular flexibility index (Phi) is 6.63. The lowest BCUT2D eigenvalue weighted by atomic mass is 9.33. The van der Waals surface area contributed by atoms with Crippen molar-refractivity contribution in [2.45, 2.75) is 125 Å². The van der Waals surface area contributed by atoms with E-state index >= 15 is 0 Å². The maximum absolute atomic E-state index is 14.4. The minimum atomic E-state index is -0.738. The summed E-state index contributed by atoms with van der Waals surface area (Å²) in [7, 11) is 0. The number of rotatable bonds is 3. The normalized spacial score (nSPS) is 49.4. The molecule has 10 unspecified atom stereocenters. The lowest BCUT2D eigenvalue weighted by Gasteiger charge is -2.70. The van der Waals surface area contributed by atoms with Crippen LogP contribution in [0.3, 0.4) is 0 Å². The molecule has 0 bridgehead atoms. The first kappa shape index (κ1) is 29.2. The van der Waals surface area contributed by atoms with Crippen LogP contribution in [0, 0.1) is 50.2 Å². The third-order valence-corrected chi connectivity index (χ3v) is 13.8. The average Bonchev–Trinajstić information content (AvgIpc) is 2.83. The predicted octanol–water partition coefficient (Wildman–Crippen LogP) is 7.28. The minimum Gasteiger partial charge on any atom is -0.481 e. The number of esters is 1. The van der Waals surface area contributed by atoms with Crippen LogP contribution in [0.5, 0.6) is 0 Å². The first-order valence-corrected chi connectivity index (χ1v) is 15.8. The van der Waals surface area contributed by atoms with E-state index in [4.69, 9.17) is 4.74 Å². The van der Waals surface area contributed by atoms with Crippen molar-refractivity contribution in [3.8, 4) is 0 Å². The molecule has 5 rings (SSSR count). The average molecular weight is 559 g/mol. The summed E-state index contributed by atoms with van der Waals surface area (Å²) >= 11 is 4.30. The van der Waals surface area contributed by atoms with E-state index in [1.807, 2.05) is 13.0 Å². The lowest BCUT2D eigenvalue weighted by molar-refractivity contribution is -0.210. The molecule has 0 aromatic carbocycles. The van der Waals surface area contributed by atoms with Crippen LogP contribution < -0.4 is 0 Å². The summed E-state index contributed by atoms with van der Waals surface area (Å²) in [5.41, 5.74) is -0.172. The molecule has 0 aromatic heterocycles. The van der Waals surface area contributed by atoms with Crippen molar-refractivity contribution in [1.29, 1.82) is 0 Å². The molecule has 0 spiro atoms. The number of allylic oxidation sites excluding steroid dienone is 2. The summed E-state index contributed by atoms with van der Waals surface area (Å²) in [6, 6.07) is 0. The van der Waals surface area contributed by atoms with E-state index in [0.29, 0.717) is 12.8 Å². The molecular weight excluding hydrogens is 508 g/mol. The molecule has 10 atom stereocenters. The van der Waals surface area contributed by atoms with Crippen molar-refractivity contribution in [1.82, 2.24) is 0 Å². The number of aliphatic carboxylic acids is 1. The van der Waals surface area contributed by atoms with E-state index in [0.717, 1.165) is 44.9 Å². The zero-order valence-electron chi connectivity index (χ0n) is 25.4. The van der Waals surface area contributed by atoms with Gasteiger partial charge < -0.3 is 9.84 Å². The molecule has 5 aliphatic rings. The second-order valence-electron chi connectivity index (χ2n) is 16.0. The number of hydrogen-bond donors (Lipinski definition) is 2. The monoisotopic (exact) mass is 558 g/mol. The van der Waals surface area contributed by atoms with E-state index in [1.165, 1.54) is 5.57 Å². The van der Waals surface area contributed by atoms with Gasteiger partial charge in [-0.15, -0.1) is 0 Å². The second kappa shape index (κ2) is 8.85. The molecule has 4 fully saturated rings. The van der Waals surface area contributed by atoms with Gasteiger partial charge in [-0.05, 0) is 111 Å². The van der Waals surface area contributed by atoms with Gasteiger partial charge in [0.15, 0.2) is 5.78 Å². The summed E-state index contributed by atoms with van der Waals surface area (Å²) in [6.07, 6.45) is 9.81. The molecule has 0 aromatic rings. The molecule has 1 N–H and O–H groups in total. The number of hydrogen-bond acceptors (Lipinski definition) is 5. The summed E-state index contributed by atoms with van der Waals surface area (Å²) in [5, 5.41) is 9.67. The van der Waals surface area contributed by atoms with Gasteiger partial charge in [-0.25, -0.2) is 0 Å². The van der Waals surface area contributed by atoms with Crippen molar-refractivity contribution < 1.29 is 24.2 Å². The molecular formula is C33H50O5S. The first-order valence-electron chi connectivity index (χ1n) is 15.2. The number of carboxylic acids is 1. The number of fused-ring (bicyclic) bond motifs is 7. The molecule has 5 nitrogen and oxygen atoms in total. The van der Waals surface area contributed by atoms with Crippen LogP contribution in [0.2, 0.25) is 0 Å². The number of ketones is 1. The topological polar surface area (TPSA) is 80.7 Å². The van der Waals surface area contributed by atoms with Gasteiger partial charge in [-0.3, -0.25) is 14.4 Å². The van der Waals surface area contributed by atoms with Crippen LogP contribution in [0.15, 0.2) is 11.6 Å². The number of carbonyl (C=O) groups is 3. The number of thiol groups is 1. The third-order valence-electron chi connectivity index (χ3n) is 13.6. The highest BCUT2D eigenvalue weighted by atomic mass is 32.1. The molecule has 0 radical (unpaired) electrons. The van der Waals surface area contributed by atoms with Gasteiger partial charge in [0.1, 0.15) is 6.10 Å². The van der Waals surface area contributed by atoms with Gasteiger partial charge in [-0.1, -0.05) is 47.1 Å². The molecule has 6 heteroatoms. The summed E-state index contributed by atoms with van der Waals surface area (Å²) in [5.74, 6) is -0.404. The Balaban J connectivity index is 1.54. The molecule has 0 amide bonds. The van der Waals surface area contributed by atoms with Crippen LogP contribution in [-0.4, -0.2) is 34.2 Å². The van der Waals surface area contributed by atoms with Crippen LogP contribution in [-0.2, 0) is 19.1 Å². The fourth-order valence-electron chi connectivity index (χ4n) is 10.8. The molecule has 218 valence electrons. The van der Waals surface area contributed by atoms with Crippen molar-refractivity contribution >= 4 is 30.4 Å². The van der Waals surface area contributed by atoms with Crippen LogP contribution in [0.4, 0.5) is 0 Å². The molecule has 0 heterocycles. The Morgan fingerprint density at radius 1 is 0.974 bits per heavy atom. The number of ether oxygens (including phenoxy) is 1. The summed E-state index contributed by atoms with van der Waals surface area (Å²) < 4.78 is 6.00. The van der Waals surface area contributed by atoms with Crippen molar-refractivity contribution in [3.63, 3.8) is 0 Å². The highest BCUT2D eigenvalue weighted by Gasteiger charge is 2.70. The maximum atomic E-state index is 14.4. The van der Waals surface area contributed by atoms with Crippen LogP contribution in [0.25, 0.3) is 0 Å². The van der Waals surface area contributed by atoms with Gasteiger partial charge in [0, 0.05) is 11.3 Å². The summed E-state index contributed by atoms with van der Waals surface area (Å²) in [6.45, 7) is 17.6. The number of carboxylic acid groups (broad SMARTS) is 1. The quantitative estimate of drug-likeness (QED) is 0.281. The molecule has 0 saturated heterocycles. The van der Waals surface area contributed by atoms with Crippen molar-refractivity contribution in [2.24, 2.45) is 50.2 Å². The predicted molar refractivity (Wildman–Crippen MR) is 155 cm³/mol. The Bertz CT molecular complexity index is 1130. The fourth-order valence-corrected chi connectivity index (χ4v) is 10.9. The standard InChI is InChI=1S/C33H50O5S/c1-19(39)26(35)38-24-10-11-31(6)23(28(24,2)3)9-12-33(8)25(31)22(34)17-20-21-18-30(5,27(36)37)14-13-29(21,4)15-16-32(20,33)7/h17,19,21,23-25,39H,9-16,18H2,1-8H3,(H,36,37). The molecule has 5 aliphatic carbocycles. The van der Waals surface area contributed by atoms with E-state index in [2.05, 4.69) is 54.2 Å². The Hall–Kier alpha value is -1.30. The SMILES string of the molecule is CC(S)C(=O)OC1CCC2(C)C(CCC3(C)C2C(=O)C=C2C4CC(C)(C(=O)O)CCC4(C)CCC23C)C1(C)C. The van der Waals surface area contributed by atoms with Crippen molar-refractivity contribution in [3.05, 3.63) is 11.6 Å². The minimum absolute atomic E-state index is 0.0545. The Morgan fingerprint density at radius 2 is 1.62 bits per heavy atom. The first-order chi connectivity index (χ1) is 17.9. The molecule has 39 heavy (non-hydrogen) atoms. The zero-order chi connectivity index (χ0) is 29.0. The largest absolute Gasteiger partial charge is 0.481 e. The summed E-state index contributed by atoms with van der Waals surface area (Å²) in [4.78, 5) is 39.3. The van der Waals surface area contributed by atoms with Crippen molar-refractivity contribution in [2.75, 3.05) is 0 Å². The van der Waals surface area contributed by atoms with E-state index in [-0.39, 0.29) is 62.7 Å². The van der Waals surface area contributed by atoms with Gasteiger partial charge in [0.25, 0.3) is 0 Å². The zero-order valence-corrected chi connectivity index (χ0v) is 26.2. The van der Waals surface area contributed by atoms with Gasteiger partial charge >= 0.3 is 11.9 Å². The third kappa shape index (κ3) is 3.88. The highest BCUT2D eigenvalue weighted by molar-refractivity contribution is 7.81. The Morgan fingerprint density at radius 3 is 2.23 bits per heavy atom. The fraction of sp³-hybridized carbons (Fsp3) is 0.848. The van der Waals surface area contributed by atoms with E-state index < -0.39 is 16.6 Å². The van der Waals surface area contributed by atoms with Gasteiger partial charge in [0.2, 0.25) is 0 Å². The lowest BCUT2D eigenvalue weighted by Crippen LogP contribution is -2.66. The van der Waals surface area contributed by atoms with E-state index in [1.54, 1.807) is 6.92 Å². The van der Waals surface area contributed by atoms with Gasteiger partial charge in [0.05, 0.1) is 10.7 Å². The van der Waals surface area contributed by atoms with Crippen LogP contribution >= 0.6 is 12.6 Å². The van der Waals surface area contributed by atoms with E-state index in [9.17, 15) is 19.5 Å². The molecule has 0 aliphatic heterocycles. The highest BCUT2D eigenvalue weighted by Crippen LogP contribution is 2.75.